The zero-order chi connectivity index (χ0) is 14.9. The molecule has 1 fully saturated rings. The number of rotatable bonds is 4. The topological polar surface area (TPSA) is 29.1 Å². The summed E-state index contributed by atoms with van der Waals surface area (Å²) in [5.74, 6) is -0.267. The van der Waals surface area contributed by atoms with Gasteiger partial charge in [0.15, 0.2) is 0 Å². The summed E-state index contributed by atoms with van der Waals surface area (Å²) in [7, 11) is 0. The van der Waals surface area contributed by atoms with Crippen LogP contribution in [0, 0.1) is 5.82 Å². The summed E-state index contributed by atoms with van der Waals surface area (Å²) in [6, 6.07) is 13.6. The second-order valence-electron chi connectivity index (χ2n) is 5.40. The molecule has 0 aliphatic heterocycles. The van der Waals surface area contributed by atoms with Crippen LogP contribution in [0.1, 0.15) is 24.0 Å². The lowest BCUT2D eigenvalue weighted by Gasteiger charge is -2.16. The smallest absolute Gasteiger partial charge is 0.230 e. The van der Waals surface area contributed by atoms with E-state index in [2.05, 4.69) is 5.32 Å². The molecule has 0 unspecified atom stereocenters. The van der Waals surface area contributed by atoms with Crippen molar-refractivity contribution in [1.82, 2.24) is 5.32 Å². The van der Waals surface area contributed by atoms with E-state index >= 15 is 0 Å². The molecule has 0 saturated heterocycles. The van der Waals surface area contributed by atoms with Crippen LogP contribution in [0.2, 0.25) is 5.02 Å². The van der Waals surface area contributed by atoms with Crippen LogP contribution in [0.5, 0.6) is 0 Å². The molecule has 2 nitrogen and oxygen atoms in total. The first-order valence-corrected chi connectivity index (χ1v) is 7.27. The zero-order valence-corrected chi connectivity index (χ0v) is 12.2. The minimum atomic E-state index is -0.440. The first-order valence-electron chi connectivity index (χ1n) is 6.89. The summed E-state index contributed by atoms with van der Waals surface area (Å²) in [5, 5.41) is 3.58. The summed E-state index contributed by atoms with van der Waals surface area (Å²) in [6.45, 7) is 0.404. The molecular formula is C17H15ClFNO. The first kappa shape index (κ1) is 14.1. The number of hydrogen-bond donors (Lipinski definition) is 1. The van der Waals surface area contributed by atoms with Crippen LogP contribution in [-0.4, -0.2) is 5.91 Å². The minimum Gasteiger partial charge on any atom is -0.351 e. The van der Waals surface area contributed by atoms with Crippen molar-refractivity contribution in [3.8, 4) is 0 Å². The Kier molecular flexibility index (Phi) is 3.68. The van der Waals surface area contributed by atoms with Crippen LogP contribution in [-0.2, 0) is 16.8 Å². The third-order valence-corrected chi connectivity index (χ3v) is 4.16. The third kappa shape index (κ3) is 2.93. The fourth-order valence-corrected chi connectivity index (χ4v) is 2.70. The highest BCUT2D eigenvalue weighted by Gasteiger charge is 2.51. The Hall–Kier alpha value is -1.87. The molecule has 3 rings (SSSR count). The molecule has 108 valence electrons. The average Bonchev–Trinajstić information content (AvgIpc) is 3.28. The summed E-state index contributed by atoms with van der Waals surface area (Å²) in [4.78, 5) is 12.5. The van der Waals surface area contributed by atoms with Gasteiger partial charge in [-0.3, -0.25) is 4.79 Å². The van der Waals surface area contributed by atoms with E-state index in [9.17, 15) is 9.18 Å². The maximum absolute atomic E-state index is 12.8. The Morgan fingerprint density at radius 1 is 1.19 bits per heavy atom. The highest BCUT2D eigenvalue weighted by molar-refractivity contribution is 6.30. The molecule has 1 saturated carbocycles. The molecule has 0 atom stereocenters. The monoisotopic (exact) mass is 303 g/mol. The zero-order valence-electron chi connectivity index (χ0n) is 11.4. The number of nitrogens with one attached hydrogen (secondary N) is 1. The van der Waals surface area contributed by atoms with Gasteiger partial charge in [0.2, 0.25) is 5.91 Å². The van der Waals surface area contributed by atoms with Gasteiger partial charge in [0.05, 0.1) is 5.41 Å². The summed E-state index contributed by atoms with van der Waals surface area (Å²) >= 11 is 6.00. The quantitative estimate of drug-likeness (QED) is 0.914. The molecule has 4 heteroatoms. The van der Waals surface area contributed by atoms with Crippen molar-refractivity contribution in [2.24, 2.45) is 0 Å². The predicted molar refractivity (Wildman–Crippen MR) is 80.6 cm³/mol. The number of hydrogen-bond acceptors (Lipinski definition) is 1. The summed E-state index contributed by atoms with van der Waals surface area (Å²) in [6.07, 6.45) is 1.67. The van der Waals surface area contributed by atoms with Crippen LogP contribution < -0.4 is 5.32 Å². The van der Waals surface area contributed by atoms with E-state index in [1.807, 2.05) is 18.2 Å². The molecule has 0 spiro atoms. The van der Waals surface area contributed by atoms with Crippen LogP contribution in [0.25, 0.3) is 0 Å². The largest absolute Gasteiger partial charge is 0.351 e. The Balaban J connectivity index is 1.69. The standard InChI is InChI=1S/C17H15ClFNO/c18-14-3-1-2-13(10-14)17(8-9-17)16(21)20-11-12-4-6-15(19)7-5-12/h1-7,10H,8-9,11H2,(H,20,21). The minimum absolute atomic E-state index is 0.00842. The Morgan fingerprint density at radius 2 is 1.90 bits per heavy atom. The van der Waals surface area contributed by atoms with Gasteiger partial charge < -0.3 is 5.32 Å². The molecule has 1 aliphatic rings. The van der Waals surface area contributed by atoms with Crippen molar-refractivity contribution < 1.29 is 9.18 Å². The van der Waals surface area contributed by atoms with Gasteiger partial charge in [0.25, 0.3) is 0 Å². The second kappa shape index (κ2) is 5.49. The molecule has 0 radical (unpaired) electrons. The molecule has 0 aromatic heterocycles. The lowest BCUT2D eigenvalue weighted by atomic mass is 9.95. The van der Waals surface area contributed by atoms with Gasteiger partial charge in [0.1, 0.15) is 5.82 Å². The lowest BCUT2D eigenvalue weighted by Crippen LogP contribution is -2.34. The normalized spacial score (nSPS) is 15.5. The fourth-order valence-electron chi connectivity index (χ4n) is 2.51. The first-order chi connectivity index (χ1) is 10.1. The Morgan fingerprint density at radius 3 is 2.52 bits per heavy atom. The van der Waals surface area contributed by atoms with Gasteiger partial charge in [-0.2, -0.15) is 0 Å². The highest BCUT2D eigenvalue weighted by atomic mass is 35.5. The van der Waals surface area contributed by atoms with E-state index in [1.165, 1.54) is 12.1 Å². The van der Waals surface area contributed by atoms with Crippen molar-refractivity contribution in [3.05, 3.63) is 70.5 Å². The molecule has 0 heterocycles. The van der Waals surface area contributed by atoms with Crippen molar-refractivity contribution >= 4 is 17.5 Å². The van der Waals surface area contributed by atoms with Crippen LogP contribution in [0.3, 0.4) is 0 Å². The van der Waals surface area contributed by atoms with Gasteiger partial charge in [-0.15, -0.1) is 0 Å². The fraction of sp³-hybridized carbons (Fsp3) is 0.235. The van der Waals surface area contributed by atoms with Crippen LogP contribution in [0.15, 0.2) is 48.5 Å². The number of carbonyl (C=O) groups is 1. The van der Waals surface area contributed by atoms with E-state index in [0.29, 0.717) is 11.6 Å². The Bertz CT molecular complexity index is 665. The molecule has 2 aromatic rings. The van der Waals surface area contributed by atoms with Gasteiger partial charge >= 0.3 is 0 Å². The third-order valence-electron chi connectivity index (χ3n) is 3.93. The number of amides is 1. The van der Waals surface area contributed by atoms with E-state index in [4.69, 9.17) is 11.6 Å². The van der Waals surface area contributed by atoms with Crippen molar-refractivity contribution in [3.63, 3.8) is 0 Å². The molecule has 0 bridgehead atoms. The molecule has 21 heavy (non-hydrogen) atoms. The molecular weight excluding hydrogens is 289 g/mol. The molecule has 2 aromatic carbocycles. The summed E-state index contributed by atoms with van der Waals surface area (Å²) < 4.78 is 12.8. The van der Waals surface area contributed by atoms with E-state index in [0.717, 1.165) is 24.0 Å². The number of halogens is 2. The highest BCUT2D eigenvalue weighted by Crippen LogP contribution is 2.48. The van der Waals surface area contributed by atoms with Crippen molar-refractivity contribution in [2.75, 3.05) is 0 Å². The molecule has 1 aliphatic carbocycles. The maximum Gasteiger partial charge on any atom is 0.230 e. The van der Waals surface area contributed by atoms with Gasteiger partial charge in [0, 0.05) is 11.6 Å². The maximum atomic E-state index is 12.8. The number of benzene rings is 2. The van der Waals surface area contributed by atoms with Gasteiger partial charge in [-0.1, -0.05) is 35.9 Å². The SMILES string of the molecule is O=C(NCc1ccc(F)cc1)C1(c2cccc(Cl)c2)CC1. The molecule has 1 N–H and O–H groups in total. The van der Waals surface area contributed by atoms with Crippen LogP contribution >= 0.6 is 11.6 Å². The second-order valence-corrected chi connectivity index (χ2v) is 5.84. The van der Waals surface area contributed by atoms with E-state index < -0.39 is 5.41 Å². The van der Waals surface area contributed by atoms with E-state index in [-0.39, 0.29) is 11.7 Å². The number of carbonyl (C=O) groups excluding carboxylic acids is 1. The van der Waals surface area contributed by atoms with Crippen molar-refractivity contribution in [1.29, 1.82) is 0 Å². The van der Waals surface area contributed by atoms with Gasteiger partial charge in [-0.25, -0.2) is 4.39 Å². The Labute approximate surface area is 127 Å². The van der Waals surface area contributed by atoms with Gasteiger partial charge in [-0.05, 0) is 48.2 Å². The summed E-state index contributed by atoms with van der Waals surface area (Å²) in [5.41, 5.74) is 1.41. The lowest BCUT2D eigenvalue weighted by molar-refractivity contribution is -0.123. The van der Waals surface area contributed by atoms with Crippen LogP contribution in [0.4, 0.5) is 4.39 Å². The predicted octanol–water partition coefficient (Wildman–Crippen LogP) is 3.83. The van der Waals surface area contributed by atoms with E-state index in [1.54, 1.807) is 18.2 Å². The average molecular weight is 304 g/mol. The van der Waals surface area contributed by atoms with Crippen molar-refractivity contribution in [2.45, 2.75) is 24.8 Å². The molecule has 1 amide bonds.